The van der Waals surface area contributed by atoms with Crippen molar-refractivity contribution in [1.82, 2.24) is 5.32 Å². The van der Waals surface area contributed by atoms with E-state index in [9.17, 15) is 0 Å². The first-order valence-electron chi connectivity index (χ1n) is 4.88. The summed E-state index contributed by atoms with van der Waals surface area (Å²) >= 11 is 2.10. The summed E-state index contributed by atoms with van der Waals surface area (Å²) in [5.41, 5.74) is 0. The highest BCUT2D eigenvalue weighted by molar-refractivity contribution is 7.99. The van der Waals surface area contributed by atoms with Crippen molar-refractivity contribution in [3.63, 3.8) is 0 Å². The van der Waals surface area contributed by atoms with Crippen LogP contribution in [0.5, 0.6) is 0 Å². The minimum atomic E-state index is 0.369. The van der Waals surface area contributed by atoms with Crippen LogP contribution in [0, 0.1) is 5.92 Å². The standard InChI is InChI=1S/C9H17NOS/c1-2-8(7-12-5-1)6-9-10-3-4-11-9/h8-10H,1-7H2. The van der Waals surface area contributed by atoms with Gasteiger partial charge in [0, 0.05) is 6.54 Å². The molecule has 2 saturated heterocycles. The van der Waals surface area contributed by atoms with Crippen LogP contribution in [-0.4, -0.2) is 30.9 Å². The van der Waals surface area contributed by atoms with Crippen molar-refractivity contribution in [3.05, 3.63) is 0 Å². The van der Waals surface area contributed by atoms with Crippen LogP contribution in [0.3, 0.4) is 0 Å². The molecule has 0 bridgehead atoms. The van der Waals surface area contributed by atoms with Crippen LogP contribution in [0.25, 0.3) is 0 Å². The molecule has 0 amide bonds. The highest BCUT2D eigenvalue weighted by atomic mass is 32.2. The van der Waals surface area contributed by atoms with Crippen molar-refractivity contribution < 1.29 is 4.74 Å². The van der Waals surface area contributed by atoms with Crippen molar-refractivity contribution in [2.24, 2.45) is 5.92 Å². The molecule has 0 spiro atoms. The van der Waals surface area contributed by atoms with Gasteiger partial charge in [-0.3, -0.25) is 5.32 Å². The molecule has 2 fully saturated rings. The molecule has 0 aliphatic carbocycles. The summed E-state index contributed by atoms with van der Waals surface area (Å²) in [7, 11) is 0. The molecule has 3 heteroatoms. The molecule has 12 heavy (non-hydrogen) atoms. The Morgan fingerprint density at radius 3 is 3.17 bits per heavy atom. The molecular formula is C9H17NOS. The minimum absolute atomic E-state index is 0.369. The van der Waals surface area contributed by atoms with Crippen molar-refractivity contribution >= 4 is 11.8 Å². The first-order valence-corrected chi connectivity index (χ1v) is 6.03. The predicted molar refractivity (Wildman–Crippen MR) is 52.4 cm³/mol. The molecule has 2 atom stereocenters. The van der Waals surface area contributed by atoms with E-state index < -0.39 is 0 Å². The minimum Gasteiger partial charge on any atom is -0.362 e. The van der Waals surface area contributed by atoms with E-state index in [2.05, 4.69) is 17.1 Å². The van der Waals surface area contributed by atoms with Crippen LogP contribution in [0.15, 0.2) is 0 Å². The molecule has 2 nitrogen and oxygen atoms in total. The number of hydrogen-bond acceptors (Lipinski definition) is 3. The molecule has 70 valence electrons. The predicted octanol–water partition coefficient (Wildman–Crippen LogP) is 1.47. The van der Waals surface area contributed by atoms with Gasteiger partial charge < -0.3 is 4.74 Å². The van der Waals surface area contributed by atoms with Crippen LogP contribution < -0.4 is 5.32 Å². The molecule has 2 heterocycles. The van der Waals surface area contributed by atoms with Crippen molar-refractivity contribution in [2.75, 3.05) is 24.7 Å². The quantitative estimate of drug-likeness (QED) is 0.707. The Labute approximate surface area is 78.4 Å². The zero-order valence-corrected chi connectivity index (χ0v) is 8.24. The topological polar surface area (TPSA) is 21.3 Å². The Hall–Kier alpha value is 0.270. The third-order valence-corrected chi connectivity index (χ3v) is 3.88. The van der Waals surface area contributed by atoms with Gasteiger partial charge in [0.15, 0.2) is 0 Å². The lowest BCUT2D eigenvalue weighted by atomic mass is 10.0. The van der Waals surface area contributed by atoms with Crippen LogP contribution >= 0.6 is 11.8 Å². The molecular weight excluding hydrogens is 170 g/mol. The lowest BCUT2D eigenvalue weighted by molar-refractivity contribution is 0.0808. The molecule has 0 radical (unpaired) electrons. The fraction of sp³-hybridized carbons (Fsp3) is 1.00. The Kier molecular flexibility index (Phi) is 3.31. The second-order valence-corrected chi connectivity index (χ2v) is 4.78. The van der Waals surface area contributed by atoms with Gasteiger partial charge in [-0.1, -0.05) is 0 Å². The van der Waals surface area contributed by atoms with Crippen molar-refractivity contribution in [3.8, 4) is 0 Å². The van der Waals surface area contributed by atoms with Crippen LogP contribution in [-0.2, 0) is 4.74 Å². The Morgan fingerprint density at radius 2 is 2.50 bits per heavy atom. The molecule has 0 aromatic carbocycles. The second-order valence-electron chi connectivity index (χ2n) is 3.63. The number of rotatable bonds is 2. The molecule has 1 N–H and O–H groups in total. The zero-order valence-electron chi connectivity index (χ0n) is 7.42. The van der Waals surface area contributed by atoms with Crippen molar-refractivity contribution in [1.29, 1.82) is 0 Å². The number of ether oxygens (including phenoxy) is 1. The smallest absolute Gasteiger partial charge is 0.108 e. The maximum atomic E-state index is 5.54. The number of thioether (sulfide) groups is 1. The monoisotopic (exact) mass is 187 g/mol. The fourth-order valence-corrected chi connectivity index (χ4v) is 3.10. The highest BCUT2D eigenvalue weighted by Gasteiger charge is 2.21. The first kappa shape index (κ1) is 8.85. The molecule has 0 saturated carbocycles. The second kappa shape index (κ2) is 4.49. The van der Waals surface area contributed by atoms with Gasteiger partial charge in [0.1, 0.15) is 6.23 Å². The third-order valence-electron chi connectivity index (χ3n) is 2.60. The maximum absolute atomic E-state index is 5.54. The average Bonchev–Trinajstić information content (AvgIpc) is 2.59. The average molecular weight is 187 g/mol. The van der Waals surface area contributed by atoms with E-state index in [0.29, 0.717) is 6.23 Å². The molecule has 0 aromatic heterocycles. The molecule has 0 aromatic rings. The SMILES string of the molecule is C1CSCC(CC2NCCO2)C1. The van der Waals surface area contributed by atoms with Gasteiger partial charge in [0.25, 0.3) is 0 Å². The summed E-state index contributed by atoms with van der Waals surface area (Å²) in [5.74, 6) is 3.62. The molecule has 2 rings (SSSR count). The molecule has 2 aliphatic heterocycles. The lowest BCUT2D eigenvalue weighted by Gasteiger charge is -2.23. The van der Waals surface area contributed by atoms with Gasteiger partial charge in [-0.25, -0.2) is 0 Å². The Morgan fingerprint density at radius 1 is 1.50 bits per heavy atom. The van der Waals surface area contributed by atoms with Gasteiger partial charge in [-0.15, -0.1) is 0 Å². The van der Waals surface area contributed by atoms with Gasteiger partial charge in [0.05, 0.1) is 6.61 Å². The van der Waals surface area contributed by atoms with Gasteiger partial charge >= 0.3 is 0 Å². The first-order chi connectivity index (χ1) is 5.95. The number of hydrogen-bond donors (Lipinski definition) is 1. The highest BCUT2D eigenvalue weighted by Crippen LogP contribution is 2.26. The van der Waals surface area contributed by atoms with E-state index in [1.807, 2.05) is 0 Å². The summed E-state index contributed by atoms with van der Waals surface area (Å²) < 4.78 is 5.54. The summed E-state index contributed by atoms with van der Waals surface area (Å²) in [6.45, 7) is 1.95. The van der Waals surface area contributed by atoms with Crippen molar-refractivity contribution in [2.45, 2.75) is 25.5 Å². The Bertz CT molecular complexity index is 130. The molecule has 2 aliphatic rings. The summed E-state index contributed by atoms with van der Waals surface area (Å²) in [6.07, 6.45) is 4.41. The largest absolute Gasteiger partial charge is 0.362 e. The maximum Gasteiger partial charge on any atom is 0.108 e. The van der Waals surface area contributed by atoms with Gasteiger partial charge in [-0.05, 0) is 36.7 Å². The fourth-order valence-electron chi connectivity index (χ4n) is 1.93. The van der Waals surface area contributed by atoms with E-state index >= 15 is 0 Å². The zero-order chi connectivity index (χ0) is 8.23. The number of nitrogens with one attached hydrogen (secondary N) is 1. The van der Waals surface area contributed by atoms with E-state index in [-0.39, 0.29) is 0 Å². The van der Waals surface area contributed by atoms with Crippen LogP contribution in [0.2, 0.25) is 0 Å². The summed E-state index contributed by atoms with van der Waals surface area (Å²) in [4.78, 5) is 0. The lowest BCUT2D eigenvalue weighted by Crippen LogP contribution is -2.27. The van der Waals surface area contributed by atoms with Gasteiger partial charge in [-0.2, -0.15) is 11.8 Å². The van der Waals surface area contributed by atoms with E-state index in [1.54, 1.807) is 0 Å². The van der Waals surface area contributed by atoms with E-state index in [1.165, 1.54) is 30.8 Å². The summed E-state index contributed by atoms with van der Waals surface area (Å²) in [6, 6.07) is 0. The third kappa shape index (κ3) is 2.38. The van der Waals surface area contributed by atoms with Crippen LogP contribution in [0.1, 0.15) is 19.3 Å². The van der Waals surface area contributed by atoms with Crippen LogP contribution in [0.4, 0.5) is 0 Å². The summed E-state index contributed by atoms with van der Waals surface area (Å²) in [5, 5.41) is 3.37. The van der Waals surface area contributed by atoms with E-state index in [0.717, 1.165) is 19.1 Å². The Balaban J connectivity index is 1.69. The molecule has 2 unspecified atom stereocenters. The normalized spacial score (nSPS) is 37.0. The van der Waals surface area contributed by atoms with E-state index in [4.69, 9.17) is 4.74 Å². The van der Waals surface area contributed by atoms with Gasteiger partial charge in [0.2, 0.25) is 0 Å².